The summed E-state index contributed by atoms with van der Waals surface area (Å²) in [6.07, 6.45) is 15.0. The number of methoxy groups -OCH3 is 1. The Morgan fingerprint density at radius 3 is 1.40 bits per heavy atom. The van der Waals surface area contributed by atoms with Gasteiger partial charge in [0, 0.05) is 117 Å². The van der Waals surface area contributed by atoms with Crippen molar-refractivity contribution in [1.29, 1.82) is 0 Å². The van der Waals surface area contributed by atoms with Crippen LogP contribution in [0, 0.1) is 189 Å². The van der Waals surface area contributed by atoms with E-state index in [1.54, 1.807) is 79.9 Å². The summed E-state index contributed by atoms with van der Waals surface area (Å²) >= 11 is 0. The number of pyridine rings is 3. The molecule has 5 aromatic heterocycles. The van der Waals surface area contributed by atoms with Crippen LogP contribution in [0.1, 0.15) is 301 Å². The van der Waals surface area contributed by atoms with Crippen LogP contribution in [-0.2, 0) is 40.5 Å². The Morgan fingerprint density at radius 2 is 1.06 bits per heavy atom. The molecule has 0 bridgehead atoms. The molecule has 1 aliphatic carbocycles. The maximum atomic E-state index is 10.2. The van der Waals surface area contributed by atoms with Gasteiger partial charge in [-0.25, -0.2) is 9.97 Å². The average Bonchev–Trinajstić information content (AvgIpc) is 1.42. The van der Waals surface area contributed by atoms with E-state index >= 15 is 0 Å². The van der Waals surface area contributed by atoms with Crippen LogP contribution >= 0.6 is 0 Å². The second-order valence-electron chi connectivity index (χ2n) is 33.9. The number of oxime groups is 3. The highest BCUT2D eigenvalue weighted by atomic mass is 16.6. The molecule has 7 N–H and O–H groups in total. The number of Topliss-reactive ketones (excluding diaryl/α,β-unsaturated/α-hetero) is 1. The van der Waals surface area contributed by atoms with Crippen LogP contribution in [0.3, 0.4) is 0 Å². The van der Waals surface area contributed by atoms with Crippen molar-refractivity contribution in [3.63, 3.8) is 0 Å². The lowest BCUT2D eigenvalue weighted by atomic mass is 10.0. The van der Waals surface area contributed by atoms with Gasteiger partial charge in [0.25, 0.3) is 0 Å². The molecule has 2 unspecified atom stereocenters. The fraction of sp³-hybridized carbons (Fsp3) is 0.590. The van der Waals surface area contributed by atoms with E-state index in [9.17, 15) is 15.0 Å². The van der Waals surface area contributed by atoms with Gasteiger partial charge >= 0.3 is 0 Å². The third-order valence-electron chi connectivity index (χ3n) is 14.0. The summed E-state index contributed by atoms with van der Waals surface area (Å²) in [5.74, 6) is 63.5. The molecule has 22 nitrogen and oxygen atoms in total. The second kappa shape index (κ2) is 79.8. The quantitative estimate of drug-likeness (QED) is 0.0250. The molecule has 6 rings (SSSR count). The summed E-state index contributed by atoms with van der Waals surface area (Å²) in [4.78, 5) is 32.3. The van der Waals surface area contributed by atoms with Crippen LogP contribution in [0.4, 0.5) is 0 Å². The van der Waals surface area contributed by atoms with Gasteiger partial charge in [-0.1, -0.05) is 296 Å². The summed E-state index contributed by atoms with van der Waals surface area (Å²) < 4.78 is 6.63. The standard InChI is InChI=1S/C11H17NO.2C10H11N.C10H16O.C9H12N2.C8H13NO.C8H14O2.C7H11NO.2C7H12O.C7H10O.C6H12N4.C5H11NO/c1-8(2)9-5-6-10(12-7-9)11(3,4)13;1-9(2)3-4-10-5-7-11-8-6-10;1-9(2)6-7-10-5-3-4-8-11-10;1-9(2)5-8-10(11)6-3-4-7-10;1-8(2)4-5-9-6-10-7-11(9)3;1-7(2)5-6-8(3)9-10-4;1-7(2)4-5-8(3,10)6-9;1-6(2)4-5-7(3)8-9;1-7(2)5-4-6-8-3;2*1-6(2)4-5-7(3)8;1-5(2)4-6-7-9-10(3)8-6;1-4(2)5(3)6-7/h5-8,13H,1-4H3;5-9H,1-2H3;3-5,8-9H,1-2H3;9,11H,3-4,6-7H2,1-2H3;6-8H,1-3H3;7H,1-4H3;7,9-10H,6H2,1-3H3;6,9H,1-3H3;7H,6H2,1-3H3;6-8H,1-3H3;6H,1-3H3;5H,4H2,1-3H3;4,7H,1-3H3/b;;;;;9-8+;;8-7+;;;;;6-5+. The predicted octanol–water partition coefficient (Wildman–Crippen LogP) is 19.0. The van der Waals surface area contributed by atoms with Crippen LogP contribution in [0.5, 0.6) is 0 Å². The minimum absolute atomic E-state index is 0.0568. The first-order chi connectivity index (χ1) is 59.0. The zero-order valence-corrected chi connectivity index (χ0v) is 84.8. The molecular formula is C105H162N12O10. The minimum Gasteiger partial charge on any atom is -0.411 e. The van der Waals surface area contributed by atoms with Crippen molar-refractivity contribution < 1.29 is 50.3 Å². The monoisotopic (exact) mass is 1750 g/mol. The smallest absolute Gasteiger partial charge is 0.202 e. The van der Waals surface area contributed by atoms with Crippen molar-refractivity contribution in [2.75, 3.05) is 27.4 Å². The Balaban J connectivity index is -0.000000246. The van der Waals surface area contributed by atoms with E-state index in [4.69, 9.17) is 30.5 Å². The van der Waals surface area contributed by atoms with Crippen molar-refractivity contribution in [3.05, 3.63) is 114 Å². The van der Waals surface area contributed by atoms with E-state index in [0.717, 1.165) is 72.0 Å². The summed E-state index contributed by atoms with van der Waals surface area (Å²) in [6.45, 7) is 66.5. The molecule has 0 aromatic carbocycles. The number of ketones is 1. The number of nitrogens with zero attached hydrogens (tertiary/aromatic N) is 12. The number of hydrogen-bond donors (Lipinski definition) is 7. The number of tetrazole rings is 1. The molecule has 0 amide bonds. The number of aliphatic hydroxyl groups excluding tert-OH is 2. The van der Waals surface area contributed by atoms with Crippen molar-refractivity contribution in [2.45, 2.75) is 296 Å². The third-order valence-corrected chi connectivity index (χ3v) is 14.0. The van der Waals surface area contributed by atoms with E-state index in [2.05, 4.69) is 257 Å². The number of hydrogen-bond acceptors (Lipinski definition) is 20. The molecular weight excluding hydrogens is 1590 g/mol. The molecule has 0 aliphatic heterocycles. The summed E-state index contributed by atoms with van der Waals surface area (Å²) in [6, 6.07) is 13.5. The van der Waals surface area contributed by atoms with E-state index in [-0.39, 0.29) is 18.3 Å². The lowest BCUT2D eigenvalue weighted by molar-refractivity contribution is -0.111. The van der Waals surface area contributed by atoms with E-state index in [0.29, 0.717) is 83.3 Å². The zero-order chi connectivity index (χ0) is 99.3. The summed E-state index contributed by atoms with van der Waals surface area (Å²) in [7, 11) is 6.88. The maximum absolute atomic E-state index is 10.2. The van der Waals surface area contributed by atoms with Gasteiger partial charge in [-0.2, -0.15) is 4.80 Å². The van der Waals surface area contributed by atoms with Gasteiger partial charge in [0.1, 0.15) is 59.4 Å². The number of aliphatic hydroxyl groups is 5. The second-order valence-corrected chi connectivity index (χ2v) is 33.9. The predicted molar refractivity (Wildman–Crippen MR) is 526 cm³/mol. The Morgan fingerprint density at radius 1 is 0.559 bits per heavy atom. The highest BCUT2D eigenvalue weighted by molar-refractivity contribution is 5.98. The lowest BCUT2D eigenvalue weighted by Gasteiger charge is -2.16. The van der Waals surface area contributed by atoms with Crippen LogP contribution in [0.2, 0.25) is 0 Å². The van der Waals surface area contributed by atoms with Gasteiger partial charge in [-0.3, -0.25) is 14.8 Å². The maximum Gasteiger partial charge on any atom is 0.202 e. The molecule has 1 saturated carbocycles. The molecule has 2 atom stereocenters. The normalized spacial score (nSPS) is 11.7. The molecule has 22 heteroatoms. The van der Waals surface area contributed by atoms with Gasteiger partial charge in [0.05, 0.1) is 37.6 Å². The number of aryl methyl sites for hydroxylation is 2. The van der Waals surface area contributed by atoms with Crippen molar-refractivity contribution >= 4 is 22.9 Å². The number of rotatable bonds is 8. The first-order valence-corrected chi connectivity index (χ1v) is 43.5. The Bertz CT molecular complexity index is 4380. The van der Waals surface area contributed by atoms with Crippen LogP contribution < -0.4 is 0 Å². The molecule has 702 valence electrons. The molecule has 0 radical (unpaired) electrons. The SMILES string of the molecule is C/C(=N\O)C(C)C.C/C(C#CC(C)C)=N\O.CC(=O)C#CC(C)C.CC(C)C#CC(C)(O)CO.CC(C)C#CC(C)O.CC(C)C#CC1(O)CCCC1.CC(C)C#Cc1ccccn1.CC(C)C#Cc1ccncc1.CC(C)C#Cc1cncn1C.CC(C)Cc1nnn(C)n1.CC(C)c1ccc(C(C)(C)O)nc1.CO/N=C(\C)C#CC(C)C.COCC#CC(C)C. The van der Waals surface area contributed by atoms with Gasteiger partial charge in [0.2, 0.25) is 5.78 Å². The summed E-state index contributed by atoms with van der Waals surface area (Å²) in [5, 5.41) is 83.2. The Kier molecular flexibility index (Phi) is 81.2. The number of aromatic nitrogens is 9. The van der Waals surface area contributed by atoms with Crippen molar-refractivity contribution in [3.8, 4) is 118 Å². The van der Waals surface area contributed by atoms with Gasteiger partial charge in [-0.05, 0) is 163 Å². The largest absolute Gasteiger partial charge is 0.411 e. The molecule has 1 fully saturated rings. The fourth-order valence-electron chi connectivity index (χ4n) is 7.24. The van der Waals surface area contributed by atoms with Gasteiger partial charge in [-0.15, -0.1) is 10.2 Å². The zero-order valence-electron chi connectivity index (χ0n) is 84.8. The molecule has 5 aromatic rings. The number of carbonyl (C=O) groups is 1. The van der Waals surface area contributed by atoms with E-state index in [1.165, 1.54) is 31.3 Å². The topological polar surface area (TPSA) is 314 Å². The van der Waals surface area contributed by atoms with E-state index in [1.807, 2.05) is 164 Å². The number of imidazole rings is 1. The first-order valence-electron chi connectivity index (χ1n) is 43.5. The molecule has 5 heterocycles. The van der Waals surface area contributed by atoms with Crippen LogP contribution in [0.15, 0.2) is 95.2 Å². The number of ether oxygens (including phenoxy) is 1. The van der Waals surface area contributed by atoms with Crippen molar-refractivity contribution in [2.24, 2.45) is 101 Å². The highest BCUT2D eigenvalue weighted by Crippen LogP contribution is 2.28. The van der Waals surface area contributed by atoms with Crippen LogP contribution in [0.25, 0.3) is 0 Å². The first kappa shape index (κ1) is 129. The van der Waals surface area contributed by atoms with E-state index < -0.39 is 22.9 Å². The minimum atomic E-state index is -1.23. The average molecular weight is 1750 g/mol. The molecule has 0 spiro atoms. The van der Waals surface area contributed by atoms with Crippen LogP contribution in [-0.4, -0.2) is 148 Å². The Hall–Kier alpha value is -10.8. The third kappa shape index (κ3) is 97.2. The Labute approximate surface area is 770 Å². The summed E-state index contributed by atoms with van der Waals surface area (Å²) in [5.41, 5.74) is 4.03. The molecule has 0 saturated heterocycles. The molecule has 127 heavy (non-hydrogen) atoms. The molecule has 1 aliphatic rings. The van der Waals surface area contributed by atoms with Gasteiger partial charge in [0.15, 0.2) is 5.82 Å². The number of carbonyl (C=O) groups excluding carboxylic acids is 1. The van der Waals surface area contributed by atoms with Crippen molar-refractivity contribution in [1.82, 2.24) is 44.7 Å². The van der Waals surface area contributed by atoms with Gasteiger partial charge < -0.3 is 50.1 Å². The fourth-order valence-corrected chi connectivity index (χ4v) is 7.24. The highest BCUT2D eigenvalue weighted by Gasteiger charge is 2.28. The lowest BCUT2D eigenvalue weighted by Crippen LogP contribution is -2.26.